The van der Waals surface area contributed by atoms with Crippen LogP contribution in [0.3, 0.4) is 0 Å². The molecule has 0 aliphatic carbocycles. The molecule has 96 valence electrons. The molecule has 0 fully saturated rings. The highest BCUT2D eigenvalue weighted by molar-refractivity contribution is 5.80. The number of carbonyl (C=O) groups is 2. The van der Waals surface area contributed by atoms with Gasteiger partial charge in [-0.1, -0.05) is 24.8 Å². The number of alkyl carbamates (subject to hydrolysis) is 1. The average Bonchev–Trinajstić information content (AvgIpc) is 2.13. The van der Waals surface area contributed by atoms with Crippen molar-refractivity contribution in [3.8, 4) is 0 Å². The van der Waals surface area contributed by atoms with E-state index >= 15 is 0 Å². The molecule has 1 unspecified atom stereocenters. The Morgan fingerprint density at radius 1 is 1.47 bits per heavy atom. The fraction of sp³-hybridized carbons (Fsp3) is 0.500. The number of carboxylic acid groups (broad SMARTS) is 1. The minimum absolute atomic E-state index is 0.0953. The quantitative estimate of drug-likeness (QED) is 0.723. The van der Waals surface area contributed by atoms with Crippen molar-refractivity contribution in [1.82, 2.24) is 5.32 Å². The average molecular weight is 241 g/mol. The Bertz CT molecular complexity index is 328. The zero-order valence-corrected chi connectivity index (χ0v) is 10.4. The molecule has 0 spiro atoms. The number of carboxylic acids is 1. The highest BCUT2D eigenvalue weighted by Gasteiger charge is 2.23. The Morgan fingerprint density at radius 3 is 2.35 bits per heavy atom. The van der Waals surface area contributed by atoms with Crippen molar-refractivity contribution < 1.29 is 19.4 Å². The molecule has 0 aromatic rings. The Kier molecular flexibility index (Phi) is 5.44. The first-order valence-electron chi connectivity index (χ1n) is 5.18. The summed E-state index contributed by atoms with van der Waals surface area (Å²) in [5, 5.41) is 11.2. The Balaban J connectivity index is 4.45. The molecule has 0 radical (unpaired) electrons. The zero-order valence-electron chi connectivity index (χ0n) is 10.4. The van der Waals surface area contributed by atoms with Crippen LogP contribution in [0.1, 0.15) is 27.2 Å². The number of hydrogen-bond donors (Lipinski definition) is 2. The molecule has 1 atom stereocenters. The molecule has 17 heavy (non-hydrogen) atoms. The summed E-state index contributed by atoms with van der Waals surface area (Å²) in [5.74, 6) is -1.14. The summed E-state index contributed by atoms with van der Waals surface area (Å²) in [4.78, 5) is 22.3. The number of allylic oxidation sites excluding steroid dienone is 1. The van der Waals surface area contributed by atoms with E-state index < -0.39 is 23.7 Å². The SMILES string of the molecule is C=CC(=C)CC(NC(=O)OC(C)(C)C)C(=O)O. The van der Waals surface area contributed by atoms with Gasteiger partial charge in [0.2, 0.25) is 0 Å². The third-order valence-corrected chi connectivity index (χ3v) is 1.74. The normalized spacial score (nSPS) is 12.4. The molecular weight excluding hydrogens is 222 g/mol. The van der Waals surface area contributed by atoms with Gasteiger partial charge in [-0.15, -0.1) is 0 Å². The molecule has 5 heteroatoms. The van der Waals surface area contributed by atoms with E-state index in [1.807, 2.05) is 0 Å². The Hall–Kier alpha value is -1.78. The topological polar surface area (TPSA) is 75.6 Å². The van der Waals surface area contributed by atoms with Crippen molar-refractivity contribution in [2.75, 3.05) is 0 Å². The second-order valence-electron chi connectivity index (χ2n) is 4.60. The van der Waals surface area contributed by atoms with E-state index in [1.165, 1.54) is 6.08 Å². The van der Waals surface area contributed by atoms with Crippen LogP contribution in [0.2, 0.25) is 0 Å². The van der Waals surface area contributed by atoms with Crippen LogP contribution in [-0.2, 0) is 9.53 Å². The number of aliphatic carboxylic acids is 1. The van der Waals surface area contributed by atoms with Crippen molar-refractivity contribution in [3.63, 3.8) is 0 Å². The number of carbonyl (C=O) groups excluding carboxylic acids is 1. The van der Waals surface area contributed by atoms with Gasteiger partial charge in [-0.25, -0.2) is 9.59 Å². The van der Waals surface area contributed by atoms with Crippen LogP contribution in [0.25, 0.3) is 0 Å². The second-order valence-corrected chi connectivity index (χ2v) is 4.60. The summed E-state index contributed by atoms with van der Waals surface area (Å²) in [5.41, 5.74) is -0.128. The van der Waals surface area contributed by atoms with E-state index in [0.717, 1.165) is 0 Å². The predicted molar refractivity (Wildman–Crippen MR) is 64.7 cm³/mol. The molecule has 2 N–H and O–H groups in total. The Morgan fingerprint density at radius 2 is 2.00 bits per heavy atom. The van der Waals surface area contributed by atoms with Gasteiger partial charge in [-0.3, -0.25) is 0 Å². The maximum absolute atomic E-state index is 11.4. The minimum atomic E-state index is -1.14. The molecule has 5 nitrogen and oxygen atoms in total. The molecular formula is C12H19NO4. The minimum Gasteiger partial charge on any atom is -0.480 e. The molecule has 0 aliphatic rings. The summed E-state index contributed by atoms with van der Waals surface area (Å²) in [6.07, 6.45) is 0.784. The fourth-order valence-electron chi connectivity index (χ4n) is 0.995. The maximum atomic E-state index is 11.4. The lowest BCUT2D eigenvalue weighted by Gasteiger charge is -2.22. The van der Waals surface area contributed by atoms with Crippen molar-refractivity contribution >= 4 is 12.1 Å². The number of ether oxygens (including phenoxy) is 1. The molecule has 0 rings (SSSR count). The van der Waals surface area contributed by atoms with Crippen LogP contribution in [-0.4, -0.2) is 28.8 Å². The summed E-state index contributed by atoms with van der Waals surface area (Å²) >= 11 is 0. The lowest BCUT2D eigenvalue weighted by atomic mass is 10.1. The molecule has 0 saturated carbocycles. The van der Waals surface area contributed by atoms with Crippen molar-refractivity contribution in [2.45, 2.75) is 38.8 Å². The van der Waals surface area contributed by atoms with Gasteiger partial charge >= 0.3 is 12.1 Å². The number of hydrogen-bond acceptors (Lipinski definition) is 3. The molecule has 0 heterocycles. The summed E-state index contributed by atoms with van der Waals surface area (Å²) < 4.78 is 4.96. The zero-order chi connectivity index (χ0) is 13.6. The molecule has 1 amide bonds. The van der Waals surface area contributed by atoms with Gasteiger partial charge in [-0.2, -0.15) is 0 Å². The van der Waals surface area contributed by atoms with Gasteiger partial charge in [0.25, 0.3) is 0 Å². The molecule has 0 aromatic heterocycles. The van der Waals surface area contributed by atoms with Gasteiger partial charge in [0.1, 0.15) is 11.6 Å². The monoisotopic (exact) mass is 241 g/mol. The number of nitrogens with one attached hydrogen (secondary N) is 1. The largest absolute Gasteiger partial charge is 0.480 e. The van der Waals surface area contributed by atoms with Gasteiger partial charge in [0.05, 0.1) is 0 Å². The number of rotatable bonds is 5. The van der Waals surface area contributed by atoms with Crippen LogP contribution in [0.4, 0.5) is 4.79 Å². The van der Waals surface area contributed by atoms with Gasteiger partial charge in [0, 0.05) is 6.42 Å². The number of amides is 1. The van der Waals surface area contributed by atoms with E-state index in [2.05, 4.69) is 18.5 Å². The third kappa shape index (κ3) is 7.16. The van der Waals surface area contributed by atoms with E-state index in [-0.39, 0.29) is 6.42 Å². The van der Waals surface area contributed by atoms with E-state index in [0.29, 0.717) is 5.57 Å². The molecule has 0 aliphatic heterocycles. The fourth-order valence-corrected chi connectivity index (χ4v) is 0.995. The van der Waals surface area contributed by atoms with Crippen LogP contribution < -0.4 is 5.32 Å². The standard InChI is InChI=1S/C12H19NO4/c1-6-8(2)7-9(10(14)15)13-11(16)17-12(3,4)5/h6,9H,1-2,7H2,3-5H3,(H,13,16)(H,14,15). The first-order valence-corrected chi connectivity index (χ1v) is 5.18. The van der Waals surface area contributed by atoms with Gasteiger partial charge < -0.3 is 15.2 Å². The van der Waals surface area contributed by atoms with Crippen molar-refractivity contribution in [1.29, 1.82) is 0 Å². The summed E-state index contributed by atoms with van der Waals surface area (Å²) in [6.45, 7) is 12.2. The van der Waals surface area contributed by atoms with Crippen LogP contribution in [0.5, 0.6) is 0 Å². The first-order chi connectivity index (χ1) is 7.65. The molecule has 0 saturated heterocycles. The third-order valence-electron chi connectivity index (χ3n) is 1.74. The molecule has 0 aromatic carbocycles. The van der Waals surface area contributed by atoms with E-state index in [1.54, 1.807) is 20.8 Å². The van der Waals surface area contributed by atoms with Crippen LogP contribution >= 0.6 is 0 Å². The van der Waals surface area contributed by atoms with Crippen LogP contribution in [0.15, 0.2) is 24.8 Å². The lowest BCUT2D eigenvalue weighted by Crippen LogP contribution is -2.43. The van der Waals surface area contributed by atoms with E-state index in [9.17, 15) is 9.59 Å². The van der Waals surface area contributed by atoms with Gasteiger partial charge in [0.15, 0.2) is 0 Å². The van der Waals surface area contributed by atoms with Crippen LogP contribution in [0, 0.1) is 0 Å². The smallest absolute Gasteiger partial charge is 0.408 e. The summed E-state index contributed by atoms with van der Waals surface area (Å²) in [6, 6.07) is -1.06. The highest BCUT2D eigenvalue weighted by Crippen LogP contribution is 2.09. The molecule has 0 bridgehead atoms. The van der Waals surface area contributed by atoms with Crippen molar-refractivity contribution in [3.05, 3.63) is 24.8 Å². The first kappa shape index (κ1) is 15.2. The van der Waals surface area contributed by atoms with Gasteiger partial charge in [-0.05, 0) is 20.8 Å². The van der Waals surface area contributed by atoms with E-state index in [4.69, 9.17) is 9.84 Å². The lowest BCUT2D eigenvalue weighted by molar-refractivity contribution is -0.139. The summed E-state index contributed by atoms with van der Waals surface area (Å²) in [7, 11) is 0. The Labute approximate surface area is 101 Å². The van der Waals surface area contributed by atoms with Crippen molar-refractivity contribution in [2.24, 2.45) is 0 Å². The predicted octanol–water partition coefficient (Wildman–Crippen LogP) is 2.10. The second kappa shape index (κ2) is 6.08. The maximum Gasteiger partial charge on any atom is 0.408 e. The highest BCUT2D eigenvalue weighted by atomic mass is 16.6.